The first-order valence-electron chi connectivity index (χ1n) is 6.05. The van der Waals surface area contributed by atoms with Crippen molar-refractivity contribution in [2.24, 2.45) is 5.73 Å². The van der Waals surface area contributed by atoms with Gasteiger partial charge in [0.15, 0.2) is 0 Å². The number of carbonyl (C=O) groups excluding carboxylic acids is 1. The molecule has 0 aliphatic heterocycles. The van der Waals surface area contributed by atoms with Gasteiger partial charge in [-0.2, -0.15) is 13.2 Å². The Balaban J connectivity index is 0.00000200. The highest BCUT2D eigenvalue weighted by Gasteiger charge is 2.45. The van der Waals surface area contributed by atoms with Gasteiger partial charge in [-0.05, 0) is 37.0 Å². The highest BCUT2D eigenvalue weighted by molar-refractivity contribution is 6.00. The number of hydrogen-bond donors (Lipinski definition) is 2. The number of nitrogens with one attached hydrogen (secondary N) is 1. The van der Waals surface area contributed by atoms with Crippen molar-refractivity contribution in [1.82, 2.24) is 0 Å². The molecule has 112 valence electrons. The van der Waals surface area contributed by atoms with E-state index in [1.165, 1.54) is 0 Å². The zero-order chi connectivity index (χ0) is 14.1. The quantitative estimate of drug-likeness (QED) is 0.898. The highest BCUT2D eigenvalue weighted by Crippen LogP contribution is 2.33. The molecule has 0 heterocycles. The standard InChI is InChI=1S/C13H15F3N2O.ClH/c14-13(15,16)5-4-9-2-1-3-10(8-9)18-11(19)12(17)6-7-12;/h1-3,8H,4-7,17H2,(H,18,19);1H. The van der Waals surface area contributed by atoms with Crippen LogP contribution in [0.15, 0.2) is 24.3 Å². The van der Waals surface area contributed by atoms with Gasteiger partial charge < -0.3 is 11.1 Å². The molecule has 7 heteroatoms. The van der Waals surface area contributed by atoms with Crippen LogP contribution < -0.4 is 11.1 Å². The van der Waals surface area contributed by atoms with Crippen LogP contribution in [-0.2, 0) is 11.2 Å². The van der Waals surface area contributed by atoms with Gasteiger partial charge in [-0.25, -0.2) is 0 Å². The van der Waals surface area contributed by atoms with Crippen molar-refractivity contribution in [1.29, 1.82) is 0 Å². The zero-order valence-electron chi connectivity index (χ0n) is 10.7. The lowest BCUT2D eigenvalue weighted by molar-refractivity contribution is -0.134. The fraction of sp³-hybridized carbons (Fsp3) is 0.462. The topological polar surface area (TPSA) is 55.1 Å². The number of rotatable bonds is 4. The molecular formula is C13H16ClF3N2O. The number of alkyl halides is 3. The average Bonchev–Trinajstić information content (AvgIpc) is 3.06. The summed E-state index contributed by atoms with van der Waals surface area (Å²) in [5.74, 6) is -0.277. The van der Waals surface area contributed by atoms with Gasteiger partial charge in [-0.1, -0.05) is 12.1 Å². The first-order valence-corrected chi connectivity index (χ1v) is 6.05. The van der Waals surface area contributed by atoms with E-state index in [-0.39, 0.29) is 24.7 Å². The van der Waals surface area contributed by atoms with Gasteiger partial charge in [0.25, 0.3) is 0 Å². The largest absolute Gasteiger partial charge is 0.389 e. The SMILES string of the molecule is Cl.NC1(C(=O)Nc2cccc(CCC(F)(F)F)c2)CC1. The second-order valence-electron chi connectivity index (χ2n) is 4.93. The van der Waals surface area contributed by atoms with Crippen LogP contribution in [0.3, 0.4) is 0 Å². The summed E-state index contributed by atoms with van der Waals surface area (Å²) in [6.45, 7) is 0. The lowest BCUT2D eigenvalue weighted by atomic mass is 10.1. The summed E-state index contributed by atoms with van der Waals surface area (Å²) in [4.78, 5) is 11.7. The van der Waals surface area contributed by atoms with Gasteiger partial charge in [0, 0.05) is 12.1 Å². The second kappa shape index (κ2) is 6.01. The number of carbonyl (C=O) groups is 1. The molecule has 2 rings (SSSR count). The Morgan fingerprint density at radius 1 is 1.35 bits per heavy atom. The lowest BCUT2D eigenvalue weighted by Crippen LogP contribution is -2.37. The summed E-state index contributed by atoms with van der Waals surface area (Å²) in [6.07, 6.45) is -3.85. The van der Waals surface area contributed by atoms with Crippen LogP contribution >= 0.6 is 12.4 Å². The lowest BCUT2D eigenvalue weighted by Gasteiger charge is -2.11. The Morgan fingerprint density at radius 2 is 2.00 bits per heavy atom. The minimum atomic E-state index is -4.17. The van der Waals surface area contributed by atoms with Gasteiger partial charge in [0.1, 0.15) is 0 Å². The van der Waals surface area contributed by atoms with Crippen LogP contribution in [0.1, 0.15) is 24.8 Å². The van der Waals surface area contributed by atoms with Crippen LogP contribution in [0.4, 0.5) is 18.9 Å². The summed E-state index contributed by atoms with van der Waals surface area (Å²) in [7, 11) is 0. The number of aryl methyl sites for hydroxylation is 1. The van der Waals surface area contributed by atoms with Crippen LogP contribution in [0.5, 0.6) is 0 Å². The number of nitrogens with two attached hydrogens (primary N) is 1. The first-order chi connectivity index (χ1) is 8.78. The molecule has 20 heavy (non-hydrogen) atoms. The van der Waals surface area contributed by atoms with Gasteiger partial charge in [-0.15, -0.1) is 12.4 Å². The molecule has 3 nitrogen and oxygen atoms in total. The third-order valence-corrected chi connectivity index (χ3v) is 3.12. The highest BCUT2D eigenvalue weighted by atomic mass is 35.5. The van der Waals surface area contributed by atoms with Crippen molar-refractivity contribution in [2.75, 3.05) is 5.32 Å². The smallest absolute Gasteiger partial charge is 0.324 e. The summed E-state index contributed by atoms with van der Waals surface area (Å²) >= 11 is 0. The minimum Gasteiger partial charge on any atom is -0.324 e. The van der Waals surface area contributed by atoms with Gasteiger partial charge in [0.05, 0.1) is 5.54 Å². The molecule has 0 bridgehead atoms. The molecule has 0 radical (unpaired) electrons. The Hall–Kier alpha value is -1.27. The van der Waals surface area contributed by atoms with E-state index in [0.29, 0.717) is 24.1 Å². The molecule has 1 amide bonds. The maximum absolute atomic E-state index is 12.1. The van der Waals surface area contributed by atoms with E-state index >= 15 is 0 Å². The molecule has 1 aliphatic rings. The summed E-state index contributed by atoms with van der Waals surface area (Å²) < 4.78 is 36.4. The van der Waals surface area contributed by atoms with Gasteiger partial charge >= 0.3 is 6.18 Å². The van der Waals surface area contributed by atoms with Crippen LogP contribution in [0.25, 0.3) is 0 Å². The first kappa shape index (κ1) is 16.8. The van der Waals surface area contributed by atoms with Gasteiger partial charge in [-0.3, -0.25) is 4.79 Å². The maximum atomic E-state index is 12.1. The predicted molar refractivity (Wildman–Crippen MR) is 72.8 cm³/mol. The molecule has 1 aliphatic carbocycles. The van der Waals surface area contributed by atoms with Crippen molar-refractivity contribution < 1.29 is 18.0 Å². The number of amides is 1. The molecule has 0 atom stereocenters. The van der Waals surface area contributed by atoms with Crippen LogP contribution in [0, 0.1) is 0 Å². The van der Waals surface area contributed by atoms with Crippen molar-refractivity contribution in [3.63, 3.8) is 0 Å². The minimum absolute atomic E-state index is 0. The average molecular weight is 309 g/mol. The van der Waals surface area contributed by atoms with Crippen molar-refractivity contribution in [3.8, 4) is 0 Å². The molecule has 0 unspecified atom stereocenters. The summed E-state index contributed by atoms with van der Waals surface area (Å²) in [6, 6.07) is 6.42. The molecule has 3 N–H and O–H groups in total. The second-order valence-corrected chi connectivity index (χ2v) is 4.93. The maximum Gasteiger partial charge on any atom is 0.389 e. The number of halogens is 4. The molecule has 1 aromatic carbocycles. The van der Waals surface area contributed by atoms with E-state index < -0.39 is 18.1 Å². The summed E-state index contributed by atoms with van der Waals surface area (Å²) in [5, 5.41) is 2.64. The normalized spacial score (nSPS) is 16.2. The van der Waals surface area contributed by atoms with E-state index in [4.69, 9.17) is 5.73 Å². The van der Waals surface area contributed by atoms with Gasteiger partial charge in [0.2, 0.25) is 5.91 Å². The summed E-state index contributed by atoms with van der Waals surface area (Å²) in [5.41, 5.74) is 5.97. The number of benzene rings is 1. The molecule has 1 saturated carbocycles. The fourth-order valence-electron chi connectivity index (χ4n) is 1.71. The Labute approximate surface area is 121 Å². The predicted octanol–water partition coefficient (Wildman–Crippen LogP) is 3.03. The third kappa shape index (κ3) is 4.68. The molecule has 0 saturated heterocycles. The zero-order valence-corrected chi connectivity index (χ0v) is 11.5. The molecule has 1 aromatic rings. The fourth-order valence-corrected chi connectivity index (χ4v) is 1.71. The molecule has 1 fully saturated rings. The van der Waals surface area contributed by atoms with E-state index in [0.717, 1.165) is 0 Å². The molecule has 0 spiro atoms. The van der Waals surface area contributed by atoms with E-state index in [1.807, 2.05) is 0 Å². The Morgan fingerprint density at radius 3 is 2.55 bits per heavy atom. The van der Waals surface area contributed by atoms with Crippen molar-refractivity contribution >= 4 is 24.0 Å². The molecule has 0 aromatic heterocycles. The third-order valence-electron chi connectivity index (χ3n) is 3.12. The van der Waals surface area contributed by atoms with Crippen molar-refractivity contribution in [3.05, 3.63) is 29.8 Å². The van der Waals surface area contributed by atoms with E-state index in [9.17, 15) is 18.0 Å². The monoisotopic (exact) mass is 308 g/mol. The Kier molecular flexibility index (Phi) is 5.05. The van der Waals surface area contributed by atoms with Crippen LogP contribution in [-0.4, -0.2) is 17.6 Å². The van der Waals surface area contributed by atoms with Crippen molar-refractivity contribution in [2.45, 2.75) is 37.4 Å². The molecular weight excluding hydrogens is 293 g/mol. The van der Waals surface area contributed by atoms with Crippen LogP contribution in [0.2, 0.25) is 0 Å². The number of hydrogen-bond acceptors (Lipinski definition) is 2. The number of anilines is 1. The van der Waals surface area contributed by atoms with E-state index in [2.05, 4.69) is 5.32 Å². The van der Waals surface area contributed by atoms with E-state index in [1.54, 1.807) is 24.3 Å². The Bertz CT molecular complexity index is 487.